The molecule has 12 aromatic rings. The highest BCUT2D eigenvalue weighted by Crippen LogP contribution is 2.36. The Bertz CT molecular complexity index is 3480. The minimum Gasteiger partial charge on any atom is -0.456 e. The van der Waals surface area contributed by atoms with Gasteiger partial charge in [0.1, 0.15) is 22.3 Å². The molecule has 6 nitrogen and oxygen atoms in total. The van der Waals surface area contributed by atoms with E-state index in [4.69, 9.17) is 23.8 Å². The molecule has 4 aromatic heterocycles. The van der Waals surface area contributed by atoms with Crippen LogP contribution in [0.25, 0.3) is 117 Å². The average molecular weight is 731 g/mol. The first-order valence-electron chi connectivity index (χ1n) is 19.0. The van der Waals surface area contributed by atoms with Gasteiger partial charge in [0.2, 0.25) is 0 Å². The van der Waals surface area contributed by atoms with Gasteiger partial charge in [-0.3, -0.25) is 0 Å². The molecule has 0 bridgehead atoms. The lowest BCUT2D eigenvalue weighted by Gasteiger charge is -2.11. The second-order valence-electron chi connectivity index (χ2n) is 14.4. The Morgan fingerprint density at radius 1 is 0.298 bits per heavy atom. The van der Waals surface area contributed by atoms with Gasteiger partial charge in [-0.05, 0) is 83.9 Å². The molecule has 12 rings (SSSR count). The number of furan rings is 2. The highest BCUT2D eigenvalue weighted by molar-refractivity contribution is 6.09. The van der Waals surface area contributed by atoms with Crippen molar-refractivity contribution in [1.82, 2.24) is 19.5 Å². The molecule has 0 saturated carbocycles. The summed E-state index contributed by atoms with van der Waals surface area (Å²) in [7, 11) is 0. The Hall–Kier alpha value is -7.83. The third-order valence-electron chi connectivity index (χ3n) is 11.1. The third-order valence-corrected chi connectivity index (χ3v) is 11.1. The predicted molar refractivity (Wildman–Crippen MR) is 230 cm³/mol. The van der Waals surface area contributed by atoms with Crippen molar-refractivity contribution in [3.63, 3.8) is 0 Å². The minimum atomic E-state index is 0.565. The van der Waals surface area contributed by atoms with Gasteiger partial charge >= 0.3 is 0 Å². The Labute approximate surface area is 325 Å². The summed E-state index contributed by atoms with van der Waals surface area (Å²) in [4.78, 5) is 15.3. The van der Waals surface area contributed by atoms with E-state index in [1.807, 2.05) is 54.6 Å². The van der Waals surface area contributed by atoms with Gasteiger partial charge in [0, 0.05) is 54.7 Å². The van der Waals surface area contributed by atoms with Gasteiger partial charge in [-0.25, -0.2) is 15.0 Å². The average Bonchev–Trinajstić information content (AvgIpc) is 3.95. The van der Waals surface area contributed by atoms with E-state index in [1.54, 1.807) is 0 Å². The topological polar surface area (TPSA) is 69.9 Å². The van der Waals surface area contributed by atoms with Crippen molar-refractivity contribution in [3.8, 4) is 51.0 Å². The van der Waals surface area contributed by atoms with Crippen LogP contribution < -0.4 is 0 Å². The largest absolute Gasteiger partial charge is 0.456 e. The monoisotopic (exact) mass is 730 g/mol. The number of nitrogens with zero attached hydrogens (tertiary/aromatic N) is 4. The molecular formula is C51H30N4O2. The molecule has 0 radical (unpaired) electrons. The lowest BCUT2D eigenvalue weighted by Crippen LogP contribution is -2.00. The zero-order chi connectivity index (χ0) is 37.5. The fourth-order valence-electron chi connectivity index (χ4n) is 8.33. The lowest BCUT2D eigenvalue weighted by molar-refractivity contribution is 0.668. The molecule has 6 heteroatoms. The van der Waals surface area contributed by atoms with Gasteiger partial charge in [0.25, 0.3) is 0 Å². The number of para-hydroxylation sites is 4. The van der Waals surface area contributed by atoms with Gasteiger partial charge in [-0.2, -0.15) is 0 Å². The van der Waals surface area contributed by atoms with Crippen LogP contribution >= 0.6 is 0 Å². The van der Waals surface area contributed by atoms with Crippen LogP contribution in [-0.2, 0) is 0 Å². The number of hydrogen-bond acceptors (Lipinski definition) is 5. The summed E-state index contributed by atoms with van der Waals surface area (Å²) in [6.07, 6.45) is 0. The van der Waals surface area contributed by atoms with Crippen LogP contribution in [0.15, 0.2) is 191 Å². The molecule has 266 valence electrons. The van der Waals surface area contributed by atoms with Gasteiger partial charge in [0.15, 0.2) is 17.5 Å². The van der Waals surface area contributed by atoms with Crippen molar-refractivity contribution in [1.29, 1.82) is 0 Å². The molecule has 0 spiro atoms. The van der Waals surface area contributed by atoms with E-state index < -0.39 is 0 Å². The summed E-state index contributed by atoms with van der Waals surface area (Å²) in [6.45, 7) is 0. The summed E-state index contributed by atoms with van der Waals surface area (Å²) < 4.78 is 14.8. The predicted octanol–water partition coefficient (Wildman–Crippen LogP) is 13.4. The number of benzene rings is 8. The van der Waals surface area contributed by atoms with Crippen molar-refractivity contribution in [2.45, 2.75) is 0 Å². The van der Waals surface area contributed by atoms with Gasteiger partial charge < -0.3 is 13.4 Å². The van der Waals surface area contributed by atoms with Crippen LogP contribution in [0, 0.1) is 0 Å². The van der Waals surface area contributed by atoms with E-state index >= 15 is 0 Å². The number of rotatable bonds is 5. The van der Waals surface area contributed by atoms with Crippen LogP contribution in [0.1, 0.15) is 0 Å². The molecule has 0 amide bonds. The summed E-state index contributed by atoms with van der Waals surface area (Å²) in [5.41, 5.74) is 11.6. The highest BCUT2D eigenvalue weighted by atomic mass is 16.3. The molecule has 0 aliphatic rings. The van der Waals surface area contributed by atoms with Crippen LogP contribution in [0.4, 0.5) is 0 Å². The number of aromatic nitrogens is 4. The fraction of sp³-hybridized carbons (Fsp3) is 0. The molecule has 0 fully saturated rings. The quantitative estimate of drug-likeness (QED) is 0.176. The zero-order valence-electron chi connectivity index (χ0n) is 30.4. The van der Waals surface area contributed by atoms with Crippen molar-refractivity contribution in [2.75, 3.05) is 0 Å². The first-order valence-corrected chi connectivity index (χ1v) is 19.0. The van der Waals surface area contributed by atoms with E-state index in [0.717, 1.165) is 77.4 Å². The molecule has 0 N–H and O–H groups in total. The highest BCUT2D eigenvalue weighted by Gasteiger charge is 2.17. The number of hydrogen-bond donors (Lipinski definition) is 0. The fourth-order valence-corrected chi connectivity index (χ4v) is 8.33. The lowest BCUT2D eigenvalue weighted by atomic mass is 10.0. The summed E-state index contributed by atoms with van der Waals surface area (Å²) in [5, 5.41) is 6.69. The van der Waals surface area contributed by atoms with Gasteiger partial charge in [-0.1, -0.05) is 109 Å². The van der Waals surface area contributed by atoms with Crippen molar-refractivity contribution >= 4 is 65.7 Å². The maximum atomic E-state index is 6.28. The maximum absolute atomic E-state index is 6.28. The van der Waals surface area contributed by atoms with Crippen molar-refractivity contribution in [2.24, 2.45) is 0 Å². The maximum Gasteiger partial charge on any atom is 0.164 e. The third kappa shape index (κ3) is 5.08. The first kappa shape index (κ1) is 31.5. The molecule has 0 atom stereocenters. The minimum absolute atomic E-state index is 0.565. The van der Waals surface area contributed by atoms with E-state index in [2.05, 4.69) is 132 Å². The van der Waals surface area contributed by atoms with Crippen LogP contribution in [-0.4, -0.2) is 19.5 Å². The normalized spacial score (nSPS) is 11.9. The number of fused-ring (bicyclic) bond motifs is 9. The second-order valence-corrected chi connectivity index (χ2v) is 14.4. The molecule has 0 unspecified atom stereocenters. The summed E-state index contributed by atoms with van der Waals surface area (Å²) in [5.74, 6) is 1.73. The Morgan fingerprint density at radius 3 is 1.46 bits per heavy atom. The molecule has 8 aromatic carbocycles. The molecule has 0 aliphatic carbocycles. The van der Waals surface area contributed by atoms with Crippen molar-refractivity contribution < 1.29 is 8.83 Å². The van der Waals surface area contributed by atoms with Crippen LogP contribution in [0.3, 0.4) is 0 Å². The Morgan fingerprint density at radius 2 is 0.772 bits per heavy atom. The zero-order valence-corrected chi connectivity index (χ0v) is 30.4. The summed E-state index contributed by atoms with van der Waals surface area (Å²) >= 11 is 0. The Kier molecular flexibility index (Phi) is 6.83. The summed E-state index contributed by atoms with van der Waals surface area (Å²) in [6, 6.07) is 62.9. The molecule has 0 aliphatic heterocycles. The van der Waals surface area contributed by atoms with Crippen molar-refractivity contribution in [3.05, 3.63) is 182 Å². The first-order chi connectivity index (χ1) is 28.2. The smallest absolute Gasteiger partial charge is 0.164 e. The molecule has 0 saturated heterocycles. The van der Waals surface area contributed by atoms with E-state index in [9.17, 15) is 0 Å². The van der Waals surface area contributed by atoms with E-state index in [1.165, 1.54) is 21.8 Å². The van der Waals surface area contributed by atoms with E-state index in [0.29, 0.717) is 17.5 Å². The second kappa shape index (κ2) is 12.3. The van der Waals surface area contributed by atoms with Gasteiger partial charge in [-0.15, -0.1) is 0 Å². The Balaban J connectivity index is 0.980. The SMILES string of the molecule is c1cc(-c2ccc(-n3c4ccccc4c4ccccc43)cc2)cc(-c2nc(-c3ccc4c(c3)oc3ccccc34)nc(-c3ccc4oc5ccccc5c4c3)n2)c1. The molecule has 57 heavy (non-hydrogen) atoms. The van der Waals surface area contributed by atoms with Crippen LogP contribution in [0.2, 0.25) is 0 Å². The van der Waals surface area contributed by atoms with E-state index in [-0.39, 0.29) is 0 Å². The van der Waals surface area contributed by atoms with Gasteiger partial charge in [0.05, 0.1) is 11.0 Å². The van der Waals surface area contributed by atoms with Crippen LogP contribution in [0.5, 0.6) is 0 Å². The standard InChI is InChI=1S/C51H30N4O2/c1-5-16-43-37(12-1)38-13-2-6-17-44(38)55(43)36-24-20-31(21-25-36)32-10-9-11-33(28-32)49-52-50(34-23-27-47-42(29-34)40-15-4-8-19-46(40)56-47)54-51(53-49)35-22-26-41-39-14-3-7-18-45(39)57-48(41)30-35/h1-30H. The molecular weight excluding hydrogens is 701 g/mol. The molecule has 4 heterocycles.